The van der Waals surface area contributed by atoms with Crippen LogP contribution in [0.2, 0.25) is 0 Å². The number of nitrogens with one attached hydrogen (secondary N) is 1. The molecule has 0 bridgehead atoms. The van der Waals surface area contributed by atoms with Crippen molar-refractivity contribution < 1.29 is 4.79 Å². The van der Waals surface area contributed by atoms with Crippen LogP contribution in [0.25, 0.3) is 5.57 Å². The zero-order chi connectivity index (χ0) is 11.4. The Kier molecular flexibility index (Phi) is 3.52. The largest absolute Gasteiger partial charge is 0.313 e. The number of Topliss-reactive ketones (excluding diaryl/α,β-unsaturated/α-hetero) is 1. The minimum Gasteiger partial charge on any atom is -0.313 e. The molecule has 2 heteroatoms. The van der Waals surface area contributed by atoms with E-state index in [9.17, 15) is 4.79 Å². The van der Waals surface area contributed by atoms with Crippen LogP contribution in [0.1, 0.15) is 35.7 Å². The minimum atomic E-state index is 0.214. The molecule has 84 valence electrons. The maximum Gasteiger partial charge on any atom is 0.162 e. The van der Waals surface area contributed by atoms with Crippen LogP contribution >= 0.6 is 0 Å². The molecule has 2 rings (SSSR count). The van der Waals surface area contributed by atoms with Crippen LogP contribution in [0.3, 0.4) is 0 Å². The van der Waals surface area contributed by atoms with Crippen molar-refractivity contribution >= 4 is 11.4 Å². The quantitative estimate of drug-likeness (QED) is 0.785. The lowest BCUT2D eigenvalue weighted by Crippen LogP contribution is -2.20. The van der Waals surface area contributed by atoms with E-state index >= 15 is 0 Å². The molecule has 0 saturated carbocycles. The second-order valence-electron chi connectivity index (χ2n) is 4.04. The second-order valence-corrected chi connectivity index (χ2v) is 4.04. The van der Waals surface area contributed by atoms with Gasteiger partial charge in [0.25, 0.3) is 0 Å². The van der Waals surface area contributed by atoms with Gasteiger partial charge in [0.15, 0.2) is 5.78 Å². The lowest BCUT2D eigenvalue weighted by Gasteiger charge is -2.14. The van der Waals surface area contributed by atoms with E-state index in [2.05, 4.69) is 23.5 Å². The van der Waals surface area contributed by atoms with E-state index in [-0.39, 0.29) is 5.78 Å². The third-order valence-corrected chi connectivity index (χ3v) is 2.96. The first-order chi connectivity index (χ1) is 7.81. The highest BCUT2D eigenvalue weighted by molar-refractivity contribution is 5.96. The van der Waals surface area contributed by atoms with Gasteiger partial charge in [0, 0.05) is 18.5 Å². The van der Waals surface area contributed by atoms with Gasteiger partial charge in [0.2, 0.25) is 0 Å². The number of carbonyl (C=O) groups is 1. The monoisotopic (exact) mass is 215 g/mol. The van der Waals surface area contributed by atoms with Gasteiger partial charge in [-0.3, -0.25) is 4.79 Å². The topological polar surface area (TPSA) is 29.1 Å². The maximum absolute atomic E-state index is 11.5. The molecular formula is C14H17NO. The Hall–Kier alpha value is -1.41. The fraction of sp³-hybridized carbons (Fsp3) is 0.357. The fourth-order valence-corrected chi connectivity index (χ4v) is 1.96. The smallest absolute Gasteiger partial charge is 0.162 e. The maximum atomic E-state index is 11.5. The van der Waals surface area contributed by atoms with Crippen LogP contribution in [-0.2, 0) is 0 Å². The number of carbonyl (C=O) groups excluding carboxylic acids is 1. The van der Waals surface area contributed by atoms with Gasteiger partial charge in [-0.05, 0) is 24.1 Å². The van der Waals surface area contributed by atoms with Gasteiger partial charge in [-0.1, -0.05) is 37.3 Å². The normalized spacial score (nSPS) is 15.7. The molecule has 0 atom stereocenters. The summed E-state index contributed by atoms with van der Waals surface area (Å²) in [6.45, 7) is 3.89. The van der Waals surface area contributed by atoms with Gasteiger partial charge < -0.3 is 5.32 Å². The van der Waals surface area contributed by atoms with Crippen LogP contribution in [0, 0.1) is 0 Å². The summed E-state index contributed by atoms with van der Waals surface area (Å²) in [7, 11) is 0. The standard InChI is InChI=1S/C14H17NO/c1-2-14(16)13-5-3-11(4-6-13)12-7-9-15-10-8-12/h3-7,15H,2,8-10H2,1H3. The number of rotatable bonds is 3. The molecule has 0 amide bonds. The molecule has 0 spiro atoms. The molecule has 0 radical (unpaired) electrons. The highest BCUT2D eigenvalue weighted by atomic mass is 16.1. The van der Waals surface area contributed by atoms with Crippen molar-refractivity contribution in [1.82, 2.24) is 5.32 Å². The zero-order valence-electron chi connectivity index (χ0n) is 9.62. The van der Waals surface area contributed by atoms with Crippen LogP contribution < -0.4 is 5.32 Å². The highest BCUT2D eigenvalue weighted by Gasteiger charge is 2.07. The average Bonchev–Trinajstić information content (AvgIpc) is 2.39. The summed E-state index contributed by atoms with van der Waals surface area (Å²) in [5.41, 5.74) is 3.45. The van der Waals surface area contributed by atoms with Gasteiger partial charge in [-0.2, -0.15) is 0 Å². The molecular weight excluding hydrogens is 198 g/mol. The number of benzene rings is 1. The molecule has 1 aromatic rings. The molecule has 0 unspecified atom stereocenters. The van der Waals surface area contributed by atoms with Gasteiger partial charge in [0.05, 0.1) is 0 Å². The van der Waals surface area contributed by atoms with Crippen LogP contribution in [0.5, 0.6) is 0 Å². The molecule has 0 aromatic heterocycles. The van der Waals surface area contributed by atoms with Crippen LogP contribution in [0.15, 0.2) is 30.3 Å². The fourth-order valence-electron chi connectivity index (χ4n) is 1.96. The third-order valence-electron chi connectivity index (χ3n) is 2.96. The molecule has 1 heterocycles. The van der Waals surface area contributed by atoms with Crippen LogP contribution in [0.4, 0.5) is 0 Å². The predicted octanol–water partition coefficient (Wildman–Crippen LogP) is 2.66. The van der Waals surface area contributed by atoms with Crippen molar-refractivity contribution in [2.45, 2.75) is 19.8 Å². The van der Waals surface area contributed by atoms with Crippen molar-refractivity contribution in [3.05, 3.63) is 41.5 Å². The molecule has 0 fully saturated rings. The summed E-state index contributed by atoms with van der Waals surface area (Å²) in [6, 6.07) is 7.98. The van der Waals surface area contributed by atoms with E-state index in [1.165, 1.54) is 11.1 Å². The molecule has 1 aliphatic rings. The number of hydrogen-bond acceptors (Lipinski definition) is 2. The van der Waals surface area contributed by atoms with Crippen molar-refractivity contribution in [3.63, 3.8) is 0 Å². The third kappa shape index (κ3) is 2.39. The molecule has 16 heavy (non-hydrogen) atoms. The number of ketones is 1. The van der Waals surface area contributed by atoms with Crippen molar-refractivity contribution in [2.75, 3.05) is 13.1 Å². The van der Waals surface area contributed by atoms with E-state index in [4.69, 9.17) is 0 Å². The zero-order valence-corrected chi connectivity index (χ0v) is 9.62. The Morgan fingerprint density at radius 2 is 2.06 bits per heavy atom. The van der Waals surface area contributed by atoms with E-state index in [1.807, 2.05) is 19.1 Å². The minimum absolute atomic E-state index is 0.214. The van der Waals surface area contributed by atoms with Crippen LogP contribution in [-0.4, -0.2) is 18.9 Å². The summed E-state index contributed by atoms with van der Waals surface area (Å²) in [5.74, 6) is 0.214. The molecule has 1 aromatic carbocycles. The summed E-state index contributed by atoms with van der Waals surface area (Å²) in [4.78, 5) is 11.5. The van der Waals surface area contributed by atoms with E-state index in [1.54, 1.807) is 0 Å². The number of hydrogen-bond donors (Lipinski definition) is 1. The first-order valence-corrected chi connectivity index (χ1v) is 5.84. The summed E-state index contributed by atoms with van der Waals surface area (Å²) in [6.07, 6.45) is 3.87. The second kappa shape index (κ2) is 5.08. The lowest BCUT2D eigenvalue weighted by atomic mass is 9.98. The van der Waals surface area contributed by atoms with Crippen molar-refractivity contribution in [1.29, 1.82) is 0 Å². The molecule has 0 aliphatic carbocycles. The Bertz CT molecular complexity index is 403. The Labute approximate surface area is 96.4 Å². The predicted molar refractivity (Wildman–Crippen MR) is 66.5 cm³/mol. The summed E-state index contributed by atoms with van der Waals surface area (Å²) < 4.78 is 0. The Balaban J connectivity index is 2.18. The first kappa shape index (κ1) is 11.1. The molecule has 0 saturated heterocycles. The molecule has 1 aliphatic heterocycles. The van der Waals surface area contributed by atoms with E-state index in [0.29, 0.717) is 6.42 Å². The van der Waals surface area contributed by atoms with Gasteiger partial charge >= 0.3 is 0 Å². The summed E-state index contributed by atoms with van der Waals surface area (Å²) in [5, 5.41) is 3.29. The summed E-state index contributed by atoms with van der Waals surface area (Å²) >= 11 is 0. The average molecular weight is 215 g/mol. The Morgan fingerprint density at radius 1 is 1.31 bits per heavy atom. The lowest BCUT2D eigenvalue weighted by molar-refractivity contribution is 0.0988. The molecule has 1 N–H and O–H groups in total. The van der Waals surface area contributed by atoms with E-state index in [0.717, 1.165) is 25.1 Å². The van der Waals surface area contributed by atoms with Gasteiger partial charge in [-0.25, -0.2) is 0 Å². The van der Waals surface area contributed by atoms with Crippen molar-refractivity contribution in [2.24, 2.45) is 0 Å². The molecule has 2 nitrogen and oxygen atoms in total. The SMILES string of the molecule is CCC(=O)c1ccc(C2=CCNCC2)cc1. The van der Waals surface area contributed by atoms with Gasteiger partial charge in [-0.15, -0.1) is 0 Å². The first-order valence-electron chi connectivity index (χ1n) is 5.84. The Morgan fingerprint density at radius 3 is 2.62 bits per heavy atom. The van der Waals surface area contributed by atoms with Gasteiger partial charge in [0.1, 0.15) is 0 Å². The highest BCUT2D eigenvalue weighted by Crippen LogP contribution is 2.20. The van der Waals surface area contributed by atoms with Crippen molar-refractivity contribution in [3.8, 4) is 0 Å². The van der Waals surface area contributed by atoms with E-state index < -0.39 is 0 Å².